The van der Waals surface area contributed by atoms with Gasteiger partial charge >= 0.3 is 0 Å². The van der Waals surface area contributed by atoms with Crippen molar-refractivity contribution < 1.29 is 5.11 Å². The first kappa shape index (κ1) is 13.1. The summed E-state index contributed by atoms with van der Waals surface area (Å²) in [6.07, 6.45) is 4.51. The molecule has 1 aromatic heterocycles. The van der Waals surface area contributed by atoms with E-state index in [1.54, 1.807) is 0 Å². The molecule has 4 N–H and O–H groups in total. The Morgan fingerprint density at radius 3 is 2.70 bits per heavy atom. The van der Waals surface area contributed by atoms with Gasteiger partial charge in [0.05, 0.1) is 12.1 Å². The van der Waals surface area contributed by atoms with E-state index >= 15 is 0 Å². The molecule has 1 fully saturated rings. The van der Waals surface area contributed by atoms with Crippen molar-refractivity contribution in [1.29, 1.82) is 0 Å². The number of para-hydroxylation sites is 1. The van der Waals surface area contributed by atoms with E-state index in [2.05, 4.69) is 15.3 Å². The van der Waals surface area contributed by atoms with Crippen molar-refractivity contribution in [2.24, 2.45) is 5.41 Å². The summed E-state index contributed by atoms with van der Waals surface area (Å²) in [6, 6.07) is 7.81. The van der Waals surface area contributed by atoms with Crippen molar-refractivity contribution in [3.63, 3.8) is 0 Å². The third-order valence-electron chi connectivity index (χ3n) is 4.25. The largest absolute Gasteiger partial charge is 0.396 e. The minimum absolute atomic E-state index is 0.0131. The van der Waals surface area contributed by atoms with Crippen LogP contribution >= 0.6 is 0 Å². The van der Waals surface area contributed by atoms with Gasteiger partial charge in [0.2, 0.25) is 5.95 Å². The summed E-state index contributed by atoms with van der Waals surface area (Å²) < 4.78 is 0. The van der Waals surface area contributed by atoms with Crippen molar-refractivity contribution in [1.82, 2.24) is 9.97 Å². The van der Waals surface area contributed by atoms with Crippen LogP contribution in [0.1, 0.15) is 25.7 Å². The lowest BCUT2D eigenvalue weighted by molar-refractivity contribution is 0.142. The highest BCUT2D eigenvalue weighted by atomic mass is 16.3. The highest BCUT2D eigenvalue weighted by molar-refractivity contribution is 5.89. The van der Waals surface area contributed by atoms with Crippen LogP contribution in [-0.4, -0.2) is 28.2 Å². The van der Waals surface area contributed by atoms with Crippen LogP contribution in [0, 0.1) is 5.41 Å². The van der Waals surface area contributed by atoms with E-state index in [-0.39, 0.29) is 18.0 Å². The monoisotopic (exact) mass is 272 g/mol. The lowest BCUT2D eigenvalue weighted by Gasteiger charge is -2.27. The maximum atomic E-state index is 9.66. The van der Waals surface area contributed by atoms with Gasteiger partial charge < -0.3 is 16.2 Å². The van der Waals surface area contributed by atoms with Gasteiger partial charge in [0, 0.05) is 17.3 Å². The topological polar surface area (TPSA) is 84.1 Å². The maximum absolute atomic E-state index is 9.66. The molecule has 0 unspecified atom stereocenters. The van der Waals surface area contributed by atoms with Gasteiger partial charge in [-0.2, -0.15) is 4.98 Å². The molecule has 0 radical (unpaired) electrons. The van der Waals surface area contributed by atoms with Crippen LogP contribution in [0.5, 0.6) is 0 Å². The molecule has 2 aromatic rings. The first-order valence-electron chi connectivity index (χ1n) is 7.09. The zero-order valence-corrected chi connectivity index (χ0v) is 11.5. The molecule has 1 aromatic carbocycles. The number of rotatable bonds is 4. The second kappa shape index (κ2) is 5.25. The highest BCUT2D eigenvalue weighted by Crippen LogP contribution is 2.38. The molecular weight excluding hydrogens is 252 g/mol. The molecule has 5 nitrogen and oxygen atoms in total. The molecule has 0 atom stereocenters. The van der Waals surface area contributed by atoms with Crippen LogP contribution in [0.2, 0.25) is 0 Å². The van der Waals surface area contributed by atoms with Crippen LogP contribution in [0.4, 0.5) is 11.8 Å². The van der Waals surface area contributed by atoms with Gasteiger partial charge in [0.25, 0.3) is 0 Å². The Morgan fingerprint density at radius 1 is 1.20 bits per heavy atom. The van der Waals surface area contributed by atoms with Gasteiger partial charge in [0.1, 0.15) is 5.82 Å². The van der Waals surface area contributed by atoms with Crippen molar-refractivity contribution in [2.45, 2.75) is 25.7 Å². The third-order valence-corrected chi connectivity index (χ3v) is 4.25. The van der Waals surface area contributed by atoms with Gasteiger partial charge in [-0.05, 0) is 25.0 Å². The molecule has 20 heavy (non-hydrogen) atoms. The zero-order valence-electron chi connectivity index (χ0n) is 11.5. The molecule has 1 heterocycles. The Labute approximate surface area is 118 Å². The first-order chi connectivity index (χ1) is 9.72. The summed E-state index contributed by atoms with van der Waals surface area (Å²) in [4.78, 5) is 8.53. The lowest BCUT2D eigenvalue weighted by Crippen LogP contribution is -2.30. The van der Waals surface area contributed by atoms with Crippen molar-refractivity contribution in [2.75, 3.05) is 24.2 Å². The highest BCUT2D eigenvalue weighted by Gasteiger charge is 2.33. The minimum Gasteiger partial charge on any atom is -0.396 e. The van der Waals surface area contributed by atoms with E-state index in [4.69, 9.17) is 5.73 Å². The predicted octanol–water partition coefficient (Wildman–Crippen LogP) is 2.18. The summed E-state index contributed by atoms with van der Waals surface area (Å²) >= 11 is 0. The van der Waals surface area contributed by atoms with E-state index in [9.17, 15) is 5.11 Å². The number of aromatic nitrogens is 2. The molecular formula is C15H20N4O. The lowest BCUT2D eigenvalue weighted by atomic mass is 9.87. The Kier molecular flexibility index (Phi) is 3.44. The molecule has 1 saturated carbocycles. The Balaban J connectivity index is 1.87. The molecule has 1 aliphatic carbocycles. The number of fused-ring (bicyclic) bond motifs is 1. The number of nitrogens with one attached hydrogen (secondary N) is 1. The van der Waals surface area contributed by atoms with Crippen molar-refractivity contribution in [3.05, 3.63) is 24.3 Å². The quantitative estimate of drug-likeness (QED) is 0.794. The fraction of sp³-hybridized carbons (Fsp3) is 0.467. The second-order valence-corrected chi connectivity index (χ2v) is 5.67. The second-order valence-electron chi connectivity index (χ2n) is 5.67. The molecule has 0 saturated heterocycles. The van der Waals surface area contributed by atoms with Crippen LogP contribution in [0.25, 0.3) is 10.9 Å². The van der Waals surface area contributed by atoms with Gasteiger partial charge in [0.15, 0.2) is 0 Å². The van der Waals surface area contributed by atoms with E-state index < -0.39 is 0 Å². The smallest absolute Gasteiger partial charge is 0.222 e. The van der Waals surface area contributed by atoms with Gasteiger partial charge in [-0.25, -0.2) is 4.98 Å². The molecule has 106 valence electrons. The fourth-order valence-electron chi connectivity index (χ4n) is 3.02. The number of nitrogens with zero attached hydrogens (tertiary/aromatic N) is 2. The van der Waals surface area contributed by atoms with Crippen LogP contribution in [0.3, 0.4) is 0 Å². The standard InChI is InChI=1S/C15H20N4O/c16-14-18-12-6-2-1-5-11(12)13(19-14)17-9-15(10-20)7-3-4-8-15/h1-2,5-6,20H,3-4,7-10H2,(H3,16,17,18,19). The van der Waals surface area contributed by atoms with Gasteiger partial charge in [-0.1, -0.05) is 25.0 Å². The van der Waals surface area contributed by atoms with E-state index in [1.165, 1.54) is 12.8 Å². The predicted molar refractivity (Wildman–Crippen MR) is 80.4 cm³/mol. The summed E-state index contributed by atoms with van der Waals surface area (Å²) in [5, 5.41) is 14.0. The number of hydrogen-bond acceptors (Lipinski definition) is 5. The number of hydrogen-bond donors (Lipinski definition) is 3. The number of anilines is 2. The van der Waals surface area contributed by atoms with Crippen molar-refractivity contribution in [3.8, 4) is 0 Å². The van der Waals surface area contributed by atoms with Crippen LogP contribution < -0.4 is 11.1 Å². The normalized spacial score (nSPS) is 17.4. The molecule has 0 spiro atoms. The summed E-state index contributed by atoms with van der Waals surface area (Å²) in [5.41, 5.74) is 6.59. The first-order valence-corrected chi connectivity index (χ1v) is 7.09. The zero-order chi connectivity index (χ0) is 14.0. The van der Waals surface area contributed by atoms with Crippen molar-refractivity contribution >= 4 is 22.7 Å². The van der Waals surface area contributed by atoms with Crippen LogP contribution in [-0.2, 0) is 0 Å². The van der Waals surface area contributed by atoms with Gasteiger partial charge in [-0.3, -0.25) is 0 Å². The fourth-order valence-corrected chi connectivity index (χ4v) is 3.02. The molecule has 0 amide bonds. The Bertz CT molecular complexity index is 608. The average Bonchev–Trinajstić information content (AvgIpc) is 2.94. The Morgan fingerprint density at radius 2 is 1.95 bits per heavy atom. The van der Waals surface area contributed by atoms with Crippen LogP contribution in [0.15, 0.2) is 24.3 Å². The number of nitrogen functional groups attached to an aromatic ring is 1. The molecule has 1 aliphatic rings. The summed E-state index contributed by atoms with van der Waals surface area (Å²) in [6.45, 7) is 0.947. The number of aliphatic hydroxyl groups excluding tert-OH is 1. The minimum atomic E-state index is -0.0131. The number of aliphatic hydroxyl groups is 1. The number of nitrogens with two attached hydrogens (primary N) is 1. The van der Waals surface area contributed by atoms with E-state index in [1.807, 2.05) is 24.3 Å². The summed E-state index contributed by atoms with van der Waals surface area (Å²) in [7, 11) is 0. The molecule has 0 bridgehead atoms. The maximum Gasteiger partial charge on any atom is 0.222 e. The summed E-state index contributed by atoms with van der Waals surface area (Å²) in [5.74, 6) is 1.03. The molecule has 5 heteroatoms. The average molecular weight is 272 g/mol. The Hall–Kier alpha value is -1.88. The molecule has 0 aliphatic heterocycles. The SMILES string of the molecule is Nc1nc(NCC2(CO)CCCC2)c2ccccc2n1. The number of benzene rings is 1. The molecule has 3 rings (SSSR count). The van der Waals surface area contributed by atoms with E-state index in [0.717, 1.165) is 36.1 Å². The van der Waals surface area contributed by atoms with E-state index in [0.29, 0.717) is 0 Å². The third kappa shape index (κ3) is 2.41. The van der Waals surface area contributed by atoms with Gasteiger partial charge in [-0.15, -0.1) is 0 Å².